The monoisotopic (exact) mass is 272 g/mol. The van der Waals surface area contributed by atoms with Gasteiger partial charge in [0.2, 0.25) is 5.95 Å². The van der Waals surface area contributed by atoms with Crippen LogP contribution in [0.5, 0.6) is 0 Å². The van der Waals surface area contributed by atoms with Gasteiger partial charge in [-0.25, -0.2) is 4.98 Å². The van der Waals surface area contributed by atoms with Gasteiger partial charge in [-0.2, -0.15) is 4.39 Å². The van der Waals surface area contributed by atoms with Crippen molar-refractivity contribution in [2.45, 2.75) is 38.6 Å². The van der Waals surface area contributed by atoms with Gasteiger partial charge in [-0.15, -0.1) is 0 Å². The number of halogens is 1. The molecule has 0 amide bonds. The zero-order valence-corrected chi connectivity index (χ0v) is 11.8. The summed E-state index contributed by atoms with van der Waals surface area (Å²) < 4.78 is 13.2. The van der Waals surface area contributed by atoms with Crippen molar-refractivity contribution in [1.82, 2.24) is 4.98 Å². The second kappa shape index (κ2) is 7.63. The van der Waals surface area contributed by atoms with Crippen molar-refractivity contribution in [3.05, 3.63) is 60.0 Å². The third-order valence-electron chi connectivity index (χ3n) is 3.34. The first-order chi connectivity index (χ1) is 9.79. The molecule has 1 atom stereocenters. The van der Waals surface area contributed by atoms with Crippen LogP contribution in [0.2, 0.25) is 0 Å². The van der Waals surface area contributed by atoms with Crippen LogP contribution in [-0.2, 0) is 0 Å². The molecule has 0 aliphatic carbocycles. The van der Waals surface area contributed by atoms with E-state index in [1.165, 1.54) is 24.5 Å². The Morgan fingerprint density at radius 2 is 1.85 bits per heavy atom. The van der Waals surface area contributed by atoms with Crippen LogP contribution in [0.1, 0.15) is 44.2 Å². The van der Waals surface area contributed by atoms with Gasteiger partial charge in [0.1, 0.15) is 5.82 Å². The summed E-state index contributed by atoms with van der Waals surface area (Å²) in [5.74, 6) is 0.144. The molecule has 0 fully saturated rings. The van der Waals surface area contributed by atoms with E-state index in [1.807, 2.05) is 18.2 Å². The standard InChI is InChI=1S/C17H21FN2/c1-2-3-5-11-15(14-9-6-4-7-10-14)19-17-13-8-12-16(18)20-17/h4,6-10,12-13,15H,2-3,5,11H2,1H3,(H,19,20). The third kappa shape index (κ3) is 4.34. The van der Waals surface area contributed by atoms with E-state index >= 15 is 0 Å². The molecule has 0 radical (unpaired) electrons. The van der Waals surface area contributed by atoms with E-state index in [-0.39, 0.29) is 6.04 Å². The smallest absolute Gasteiger partial charge is 0.214 e. The van der Waals surface area contributed by atoms with Crippen LogP contribution >= 0.6 is 0 Å². The first-order valence-electron chi connectivity index (χ1n) is 7.23. The van der Waals surface area contributed by atoms with E-state index in [1.54, 1.807) is 12.1 Å². The number of pyridine rings is 1. The van der Waals surface area contributed by atoms with E-state index in [0.717, 1.165) is 12.8 Å². The zero-order chi connectivity index (χ0) is 14.2. The highest BCUT2D eigenvalue weighted by Crippen LogP contribution is 2.24. The van der Waals surface area contributed by atoms with Gasteiger partial charge >= 0.3 is 0 Å². The topological polar surface area (TPSA) is 24.9 Å². The fourth-order valence-corrected chi connectivity index (χ4v) is 2.27. The van der Waals surface area contributed by atoms with Gasteiger partial charge in [-0.3, -0.25) is 0 Å². The van der Waals surface area contributed by atoms with Gasteiger partial charge in [-0.1, -0.05) is 62.6 Å². The molecule has 0 saturated heterocycles. The predicted molar refractivity (Wildman–Crippen MR) is 81.1 cm³/mol. The van der Waals surface area contributed by atoms with Crippen LogP contribution in [0.3, 0.4) is 0 Å². The maximum Gasteiger partial charge on any atom is 0.214 e. The Morgan fingerprint density at radius 3 is 2.55 bits per heavy atom. The van der Waals surface area contributed by atoms with Crippen LogP contribution in [0.4, 0.5) is 10.2 Å². The number of benzene rings is 1. The second-order valence-electron chi connectivity index (χ2n) is 4.95. The maximum absolute atomic E-state index is 13.2. The molecule has 2 rings (SSSR count). The molecule has 1 aromatic carbocycles. The lowest BCUT2D eigenvalue weighted by molar-refractivity contribution is 0.577. The Kier molecular flexibility index (Phi) is 5.54. The number of nitrogens with one attached hydrogen (secondary N) is 1. The average Bonchev–Trinajstić information content (AvgIpc) is 2.47. The quantitative estimate of drug-likeness (QED) is 0.569. The molecule has 0 bridgehead atoms. The zero-order valence-electron chi connectivity index (χ0n) is 11.8. The van der Waals surface area contributed by atoms with E-state index < -0.39 is 5.95 Å². The number of unbranched alkanes of at least 4 members (excludes halogenated alkanes) is 2. The SMILES string of the molecule is CCCCCC(Nc1cccc(F)n1)c1ccccc1. The molecule has 2 aromatic rings. The van der Waals surface area contributed by atoms with Crippen molar-refractivity contribution in [3.63, 3.8) is 0 Å². The van der Waals surface area contributed by atoms with Gasteiger partial charge in [0.15, 0.2) is 0 Å². The molecule has 0 spiro atoms. The number of hydrogen-bond donors (Lipinski definition) is 1. The lowest BCUT2D eigenvalue weighted by Crippen LogP contribution is -2.12. The molecule has 1 unspecified atom stereocenters. The fraction of sp³-hybridized carbons (Fsp3) is 0.353. The molecule has 1 N–H and O–H groups in total. The summed E-state index contributed by atoms with van der Waals surface area (Å²) in [6, 6.07) is 15.3. The van der Waals surface area contributed by atoms with Gasteiger partial charge in [0.25, 0.3) is 0 Å². The number of aromatic nitrogens is 1. The predicted octanol–water partition coefficient (Wildman–Crippen LogP) is 4.95. The van der Waals surface area contributed by atoms with Crippen LogP contribution in [0.15, 0.2) is 48.5 Å². The summed E-state index contributed by atoms with van der Waals surface area (Å²) in [5, 5.41) is 3.34. The summed E-state index contributed by atoms with van der Waals surface area (Å²) in [7, 11) is 0. The van der Waals surface area contributed by atoms with Gasteiger partial charge in [0.05, 0.1) is 6.04 Å². The number of nitrogens with zero attached hydrogens (tertiary/aromatic N) is 1. The molecule has 3 heteroatoms. The Balaban J connectivity index is 2.10. The first kappa shape index (κ1) is 14.5. The van der Waals surface area contributed by atoms with Crippen molar-refractivity contribution >= 4 is 5.82 Å². The van der Waals surface area contributed by atoms with Crippen molar-refractivity contribution in [2.24, 2.45) is 0 Å². The minimum atomic E-state index is -0.449. The highest BCUT2D eigenvalue weighted by atomic mass is 19.1. The van der Waals surface area contributed by atoms with E-state index in [0.29, 0.717) is 5.82 Å². The molecule has 20 heavy (non-hydrogen) atoms. The molecule has 1 aromatic heterocycles. The normalized spacial score (nSPS) is 12.1. The fourth-order valence-electron chi connectivity index (χ4n) is 2.27. The van der Waals surface area contributed by atoms with Crippen molar-refractivity contribution < 1.29 is 4.39 Å². The van der Waals surface area contributed by atoms with Crippen LogP contribution in [-0.4, -0.2) is 4.98 Å². The van der Waals surface area contributed by atoms with Gasteiger partial charge in [0, 0.05) is 0 Å². The Bertz CT molecular complexity index is 513. The lowest BCUT2D eigenvalue weighted by atomic mass is 10.0. The Morgan fingerprint density at radius 1 is 1.05 bits per heavy atom. The number of hydrogen-bond acceptors (Lipinski definition) is 2. The Labute approximate surface area is 120 Å². The second-order valence-corrected chi connectivity index (χ2v) is 4.95. The lowest BCUT2D eigenvalue weighted by Gasteiger charge is -2.19. The minimum absolute atomic E-state index is 0.178. The van der Waals surface area contributed by atoms with Gasteiger partial charge in [-0.05, 0) is 24.1 Å². The molecule has 0 saturated carbocycles. The highest BCUT2D eigenvalue weighted by molar-refractivity contribution is 5.38. The molecule has 106 valence electrons. The molecular formula is C17H21FN2. The molecule has 0 aliphatic heterocycles. The summed E-state index contributed by atoms with van der Waals surface area (Å²) in [5.41, 5.74) is 1.22. The maximum atomic E-state index is 13.2. The van der Waals surface area contributed by atoms with E-state index in [4.69, 9.17) is 0 Å². The van der Waals surface area contributed by atoms with Crippen LogP contribution < -0.4 is 5.32 Å². The van der Waals surface area contributed by atoms with Crippen LogP contribution in [0.25, 0.3) is 0 Å². The van der Waals surface area contributed by atoms with Crippen molar-refractivity contribution in [2.75, 3.05) is 5.32 Å². The van der Waals surface area contributed by atoms with E-state index in [9.17, 15) is 4.39 Å². The van der Waals surface area contributed by atoms with Gasteiger partial charge < -0.3 is 5.32 Å². The average molecular weight is 272 g/mol. The molecule has 0 aliphatic rings. The highest BCUT2D eigenvalue weighted by Gasteiger charge is 2.11. The molecule has 1 heterocycles. The third-order valence-corrected chi connectivity index (χ3v) is 3.34. The van der Waals surface area contributed by atoms with Crippen LogP contribution in [0, 0.1) is 5.95 Å². The summed E-state index contributed by atoms with van der Waals surface area (Å²) in [6.45, 7) is 2.19. The van der Waals surface area contributed by atoms with Crippen molar-refractivity contribution in [1.29, 1.82) is 0 Å². The number of rotatable bonds is 7. The summed E-state index contributed by atoms with van der Waals surface area (Å²) in [6.07, 6.45) is 4.58. The summed E-state index contributed by atoms with van der Waals surface area (Å²) in [4.78, 5) is 3.89. The minimum Gasteiger partial charge on any atom is -0.363 e. The number of anilines is 1. The van der Waals surface area contributed by atoms with E-state index in [2.05, 4.69) is 29.4 Å². The molecular weight excluding hydrogens is 251 g/mol. The molecule has 2 nitrogen and oxygen atoms in total. The largest absolute Gasteiger partial charge is 0.363 e. The van der Waals surface area contributed by atoms with Crippen molar-refractivity contribution in [3.8, 4) is 0 Å². The summed E-state index contributed by atoms with van der Waals surface area (Å²) >= 11 is 0. The first-order valence-corrected chi connectivity index (χ1v) is 7.23. The Hall–Kier alpha value is -1.90.